The van der Waals surface area contributed by atoms with Crippen LogP contribution in [-0.4, -0.2) is 37.8 Å². The van der Waals surface area contributed by atoms with E-state index < -0.39 is 0 Å². The molecule has 0 amide bonds. The van der Waals surface area contributed by atoms with E-state index in [4.69, 9.17) is 9.72 Å². The Bertz CT molecular complexity index is 440. The molecule has 5 heteroatoms. The number of ether oxygens (including phenoxy) is 1. The first-order valence-electron chi connectivity index (χ1n) is 7.79. The van der Waals surface area contributed by atoms with Gasteiger partial charge in [0.1, 0.15) is 0 Å². The lowest BCUT2D eigenvalue weighted by molar-refractivity contribution is 0.154. The summed E-state index contributed by atoms with van der Waals surface area (Å²) >= 11 is 1.86. The van der Waals surface area contributed by atoms with Crippen LogP contribution in [0, 0.1) is 0 Å². The quantitative estimate of drug-likeness (QED) is 0.711. The van der Waals surface area contributed by atoms with Crippen LogP contribution >= 0.6 is 11.3 Å². The number of nitrogens with zero attached hydrogens (tertiary/aromatic N) is 2. The second-order valence-electron chi connectivity index (χ2n) is 5.85. The van der Waals surface area contributed by atoms with Crippen LogP contribution in [0.4, 0.5) is 5.13 Å². The minimum atomic E-state index is 0.733. The molecule has 0 radical (unpaired) electrons. The Hall–Kier alpha value is -0.650. The number of hydrogen-bond acceptors (Lipinski definition) is 5. The van der Waals surface area contributed by atoms with Gasteiger partial charge in [-0.25, -0.2) is 4.98 Å². The third-order valence-corrected chi connectivity index (χ3v) is 5.10. The molecule has 2 fully saturated rings. The molecular weight excluding hydrogens is 270 g/mol. The number of nitrogens with one attached hydrogen (secondary N) is 1. The monoisotopic (exact) mass is 295 g/mol. The maximum atomic E-state index is 5.43. The average Bonchev–Trinajstić information content (AvgIpc) is 3.36. The van der Waals surface area contributed by atoms with E-state index in [9.17, 15) is 0 Å². The van der Waals surface area contributed by atoms with Gasteiger partial charge in [0.25, 0.3) is 0 Å². The Morgan fingerprint density at radius 2 is 2.15 bits per heavy atom. The summed E-state index contributed by atoms with van der Waals surface area (Å²) in [6.45, 7) is 5.53. The number of anilines is 1. The highest BCUT2D eigenvalue weighted by molar-refractivity contribution is 7.15. The number of thiazole rings is 1. The van der Waals surface area contributed by atoms with Crippen molar-refractivity contribution in [2.24, 2.45) is 0 Å². The van der Waals surface area contributed by atoms with Gasteiger partial charge in [-0.2, -0.15) is 0 Å². The van der Waals surface area contributed by atoms with E-state index in [-0.39, 0.29) is 0 Å². The van der Waals surface area contributed by atoms with Crippen molar-refractivity contribution in [2.45, 2.75) is 51.1 Å². The van der Waals surface area contributed by atoms with Gasteiger partial charge in [0.05, 0.1) is 12.3 Å². The van der Waals surface area contributed by atoms with Crippen molar-refractivity contribution in [2.75, 3.05) is 31.7 Å². The normalized spacial score (nSPS) is 18.5. The summed E-state index contributed by atoms with van der Waals surface area (Å²) in [6.07, 6.45) is 5.34. The minimum absolute atomic E-state index is 0.733. The van der Waals surface area contributed by atoms with Crippen LogP contribution in [0.25, 0.3) is 0 Å². The molecule has 0 bridgehead atoms. The summed E-state index contributed by atoms with van der Waals surface area (Å²) in [5, 5.41) is 4.78. The van der Waals surface area contributed by atoms with E-state index >= 15 is 0 Å². The van der Waals surface area contributed by atoms with Crippen LogP contribution in [0.1, 0.15) is 49.1 Å². The van der Waals surface area contributed by atoms with Gasteiger partial charge >= 0.3 is 0 Å². The van der Waals surface area contributed by atoms with Gasteiger partial charge in [0.2, 0.25) is 0 Å². The number of aromatic nitrogens is 1. The minimum Gasteiger partial charge on any atom is -0.380 e. The highest BCUT2D eigenvalue weighted by Gasteiger charge is 2.31. The standard InChI is InChI=1S/C15H25N3OS/c1-3-19-9-8-18(2)15-17-14(11-4-5-11)13(20-15)10-16-12-6-7-12/h11-12,16H,3-10H2,1-2H3. The zero-order valence-corrected chi connectivity index (χ0v) is 13.3. The zero-order chi connectivity index (χ0) is 13.9. The van der Waals surface area contributed by atoms with Crippen LogP contribution in [0.15, 0.2) is 0 Å². The predicted octanol–water partition coefficient (Wildman–Crippen LogP) is 2.75. The van der Waals surface area contributed by atoms with Crippen molar-refractivity contribution in [3.8, 4) is 0 Å². The van der Waals surface area contributed by atoms with Gasteiger partial charge < -0.3 is 15.0 Å². The molecule has 20 heavy (non-hydrogen) atoms. The maximum absolute atomic E-state index is 5.43. The molecule has 1 aromatic heterocycles. The van der Waals surface area contributed by atoms with Gasteiger partial charge in [-0.1, -0.05) is 0 Å². The van der Waals surface area contributed by atoms with Gasteiger partial charge in [0.15, 0.2) is 5.13 Å². The van der Waals surface area contributed by atoms with E-state index in [0.717, 1.165) is 43.4 Å². The molecule has 0 unspecified atom stereocenters. The summed E-state index contributed by atoms with van der Waals surface area (Å²) in [7, 11) is 2.12. The molecule has 0 aromatic carbocycles. The Morgan fingerprint density at radius 1 is 1.35 bits per heavy atom. The summed E-state index contributed by atoms with van der Waals surface area (Å²) in [6, 6.07) is 0.767. The Balaban J connectivity index is 1.62. The molecule has 0 atom stereocenters. The number of rotatable bonds is 9. The van der Waals surface area contributed by atoms with Crippen molar-refractivity contribution >= 4 is 16.5 Å². The second-order valence-corrected chi connectivity index (χ2v) is 6.91. The number of likely N-dealkylation sites (N-methyl/N-ethyl adjacent to an activating group) is 1. The second kappa shape index (κ2) is 6.41. The van der Waals surface area contributed by atoms with Gasteiger partial charge in [0, 0.05) is 43.6 Å². The van der Waals surface area contributed by atoms with Crippen LogP contribution in [0.5, 0.6) is 0 Å². The molecule has 3 rings (SSSR count). The first-order chi connectivity index (χ1) is 9.78. The van der Waals surface area contributed by atoms with Gasteiger partial charge in [-0.15, -0.1) is 11.3 Å². The van der Waals surface area contributed by atoms with E-state index in [1.54, 1.807) is 0 Å². The fourth-order valence-electron chi connectivity index (χ4n) is 2.28. The van der Waals surface area contributed by atoms with Crippen molar-refractivity contribution in [3.05, 3.63) is 10.6 Å². The van der Waals surface area contributed by atoms with E-state index in [2.05, 4.69) is 17.3 Å². The molecule has 2 saturated carbocycles. The smallest absolute Gasteiger partial charge is 0.185 e. The molecule has 0 spiro atoms. The molecular formula is C15H25N3OS. The average molecular weight is 295 g/mol. The molecule has 0 saturated heterocycles. The molecule has 4 nitrogen and oxygen atoms in total. The van der Waals surface area contributed by atoms with Crippen molar-refractivity contribution < 1.29 is 4.74 Å². The SMILES string of the molecule is CCOCCN(C)c1nc(C2CC2)c(CNC2CC2)s1. The van der Waals surface area contributed by atoms with Gasteiger partial charge in [-0.05, 0) is 32.6 Å². The van der Waals surface area contributed by atoms with Crippen molar-refractivity contribution in [1.29, 1.82) is 0 Å². The van der Waals surface area contributed by atoms with E-state index in [1.807, 2.05) is 18.3 Å². The fraction of sp³-hybridized carbons (Fsp3) is 0.800. The third-order valence-electron chi connectivity index (χ3n) is 3.91. The molecule has 1 aromatic rings. The Kier molecular flexibility index (Phi) is 4.58. The Labute approximate surface area is 125 Å². The van der Waals surface area contributed by atoms with Crippen LogP contribution in [0.3, 0.4) is 0 Å². The Morgan fingerprint density at radius 3 is 2.80 bits per heavy atom. The highest BCUT2D eigenvalue weighted by atomic mass is 32.1. The summed E-state index contributed by atoms with van der Waals surface area (Å²) in [4.78, 5) is 8.58. The molecule has 2 aliphatic carbocycles. The lowest BCUT2D eigenvalue weighted by Gasteiger charge is -2.15. The summed E-state index contributed by atoms with van der Waals surface area (Å²) in [5.41, 5.74) is 1.36. The third kappa shape index (κ3) is 3.71. The lowest BCUT2D eigenvalue weighted by atomic mass is 10.2. The molecule has 1 N–H and O–H groups in total. The first kappa shape index (κ1) is 14.3. The molecule has 2 aliphatic rings. The van der Waals surface area contributed by atoms with Gasteiger partial charge in [-0.3, -0.25) is 0 Å². The largest absolute Gasteiger partial charge is 0.380 e. The van der Waals surface area contributed by atoms with E-state index in [0.29, 0.717) is 0 Å². The fourth-order valence-corrected chi connectivity index (χ4v) is 3.37. The van der Waals surface area contributed by atoms with Crippen LogP contribution in [0.2, 0.25) is 0 Å². The highest BCUT2D eigenvalue weighted by Crippen LogP contribution is 2.44. The van der Waals surface area contributed by atoms with Crippen LogP contribution < -0.4 is 10.2 Å². The maximum Gasteiger partial charge on any atom is 0.185 e. The summed E-state index contributed by atoms with van der Waals surface area (Å²) in [5.74, 6) is 0.733. The van der Waals surface area contributed by atoms with Crippen molar-refractivity contribution in [1.82, 2.24) is 10.3 Å². The van der Waals surface area contributed by atoms with Crippen molar-refractivity contribution in [3.63, 3.8) is 0 Å². The molecule has 112 valence electrons. The lowest BCUT2D eigenvalue weighted by Crippen LogP contribution is -2.22. The zero-order valence-electron chi connectivity index (χ0n) is 12.5. The number of hydrogen-bond donors (Lipinski definition) is 1. The van der Waals surface area contributed by atoms with E-state index in [1.165, 1.54) is 36.3 Å². The summed E-state index contributed by atoms with van der Waals surface area (Å²) < 4.78 is 5.43. The molecule has 0 aliphatic heterocycles. The predicted molar refractivity (Wildman–Crippen MR) is 83.7 cm³/mol. The van der Waals surface area contributed by atoms with Crippen LogP contribution in [-0.2, 0) is 11.3 Å². The topological polar surface area (TPSA) is 37.4 Å². The first-order valence-corrected chi connectivity index (χ1v) is 8.61. The molecule has 1 heterocycles.